The second kappa shape index (κ2) is 6.87. The lowest BCUT2D eigenvalue weighted by Crippen LogP contribution is -2.45. The maximum Gasteiger partial charge on any atom is 0.147 e. The molecule has 0 aliphatic heterocycles. The summed E-state index contributed by atoms with van der Waals surface area (Å²) in [5.74, 6) is 0.0307. The minimum absolute atomic E-state index is 0.0307. The van der Waals surface area contributed by atoms with E-state index in [9.17, 15) is 13.5 Å². The predicted octanol–water partition coefficient (Wildman–Crippen LogP) is 1.91. The first-order chi connectivity index (χ1) is 8.40. The van der Waals surface area contributed by atoms with Gasteiger partial charge in [0.2, 0.25) is 0 Å². The molecule has 1 atom stereocenters. The third kappa shape index (κ3) is 4.86. The van der Waals surface area contributed by atoms with E-state index in [2.05, 4.69) is 0 Å². The van der Waals surface area contributed by atoms with Crippen LogP contribution in [0.4, 0.5) is 0 Å². The Morgan fingerprint density at radius 2 is 1.78 bits per heavy atom. The van der Waals surface area contributed by atoms with Crippen LogP contribution >= 0.6 is 0 Å². The molecule has 5 heteroatoms. The maximum absolute atomic E-state index is 11.2. The highest BCUT2D eigenvalue weighted by Gasteiger charge is 2.38. The Kier molecular flexibility index (Phi) is 6.08. The molecule has 1 saturated carbocycles. The molecule has 0 radical (unpaired) electrons. The maximum atomic E-state index is 11.2. The van der Waals surface area contributed by atoms with Crippen LogP contribution in [0.1, 0.15) is 51.9 Å². The monoisotopic (exact) mass is 278 g/mol. The van der Waals surface area contributed by atoms with Crippen LogP contribution in [0, 0.1) is 0 Å². The topological polar surface area (TPSA) is 63.6 Å². The zero-order valence-electron chi connectivity index (χ0n) is 11.5. The van der Waals surface area contributed by atoms with Crippen LogP contribution in [0.5, 0.6) is 0 Å². The number of aliphatic hydroxyl groups is 1. The van der Waals surface area contributed by atoms with Crippen LogP contribution in [-0.4, -0.2) is 43.8 Å². The van der Waals surface area contributed by atoms with Crippen LogP contribution in [0.25, 0.3) is 0 Å². The molecule has 0 aromatic carbocycles. The van der Waals surface area contributed by atoms with E-state index in [0.29, 0.717) is 6.61 Å². The van der Waals surface area contributed by atoms with Gasteiger partial charge in [-0.2, -0.15) is 0 Å². The van der Waals surface area contributed by atoms with E-state index in [1.807, 2.05) is 6.92 Å². The second-order valence-electron chi connectivity index (χ2n) is 5.35. The fourth-order valence-corrected chi connectivity index (χ4v) is 3.43. The molecule has 0 aromatic rings. The highest BCUT2D eigenvalue weighted by Crippen LogP contribution is 2.34. The van der Waals surface area contributed by atoms with Gasteiger partial charge in [-0.25, -0.2) is 8.42 Å². The molecule has 0 saturated heterocycles. The summed E-state index contributed by atoms with van der Waals surface area (Å²) in [7, 11) is -3.02. The van der Waals surface area contributed by atoms with Gasteiger partial charge in [-0.1, -0.05) is 25.7 Å². The highest BCUT2D eigenvalue weighted by molar-refractivity contribution is 7.90. The van der Waals surface area contributed by atoms with Gasteiger partial charge in [0.15, 0.2) is 0 Å². The van der Waals surface area contributed by atoms with E-state index >= 15 is 0 Å². The number of rotatable bonds is 6. The quantitative estimate of drug-likeness (QED) is 0.754. The van der Waals surface area contributed by atoms with E-state index in [1.165, 1.54) is 19.1 Å². The van der Waals surface area contributed by atoms with E-state index < -0.39 is 21.5 Å². The smallest absolute Gasteiger partial charge is 0.147 e. The summed E-state index contributed by atoms with van der Waals surface area (Å²) < 4.78 is 28.2. The van der Waals surface area contributed by atoms with Crippen molar-refractivity contribution in [2.45, 2.75) is 63.6 Å². The highest BCUT2D eigenvalue weighted by atomic mass is 32.2. The lowest BCUT2D eigenvalue weighted by molar-refractivity contribution is -0.129. The first kappa shape index (κ1) is 15.9. The summed E-state index contributed by atoms with van der Waals surface area (Å²) in [6.07, 6.45) is 6.94. The summed E-state index contributed by atoms with van der Waals surface area (Å²) in [6.45, 7) is 2.49. The Hall–Kier alpha value is -0.130. The lowest BCUT2D eigenvalue weighted by atomic mass is 9.86. The van der Waals surface area contributed by atoms with Gasteiger partial charge in [0.1, 0.15) is 9.84 Å². The Labute approximate surface area is 111 Å². The molecule has 108 valence electrons. The van der Waals surface area contributed by atoms with Crippen molar-refractivity contribution in [3.8, 4) is 0 Å². The van der Waals surface area contributed by atoms with Gasteiger partial charge < -0.3 is 9.84 Å². The molecule has 1 N–H and O–H groups in total. The zero-order valence-corrected chi connectivity index (χ0v) is 12.3. The number of aliphatic hydroxyl groups excluding tert-OH is 1. The molecule has 1 rings (SSSR count). The van der Waals surface area contributed by atoms with Crippen molar-refractivity contribution in [1.82, 2.24) is 0 Å². The fourth-order valence-electron chi connectivity index (χ4n) is 2.78. The van der Waals surface area contributed by atoms with Crippen LogP contribution in [0.15, 0.2) is 0 Å². The molecular weight excluding hydrogens is 252 g/mol. The van der Waals surface area contributed by atoms with Gasteiger partial charge in [0.25, 0.3) is 0 Å². The molecule has 0 heterocycles. The summed E-state index contributed by atoms with van der Waals surface area (Å²) in [5, 5.41) is 10.4. The van der Waals surface area contributed by atoms with Crippen molar-refractivity contribution in [2.75, 3.05) is 18.6 Å². The number of hydrogen-bond donors (Lipinski definition) is 1. The molecule has 4 nitrogen and oxygen atoms in total. The van der Waals surface area contributed by atoms with Crippen LogP contribution in [0.3, 0.4) is 0 Å². The zero-order chi connectivity index (χ0) is 13.6. The molecule has 0 bridgehead atoms. The third-order valence-electron chi connectivity index (χ3n) is 3.75. The van der Waals surface area contributed by atoms with Gasteiger partial charge in [-0.05, 0) is 26.2 Å². The first-order valence-electron chi connectivity index (χ1n) is 6.89. The van der Waals surface area contributed by atoms with Gasteiger partial charge in [-0.3, -0.25) is 0 Å². The minimum Gasteiger partial charge on any atom is -0.390 e. The van der Waals surface area contributed by atoms with Crippen LogP contribution in [-0.2, 0) is 14.6 Å². The normalized spacial score (nSPS) is 22.4. The number of hydrogen-bond acceptors (Lipinski definition) is 4. The Bertz CT molecular complexity index is 329. The van der Waals surface area contributed by atoms with Crippen molar-refractivity contribution in [3.63, 3.8) is 0 Å². The van der Waals surface area contributed by atoms with Gasteiger partial charge >= 0.3 is 0 Å². The van der Waals surface area contributed by atoms with Crippen molar-refractivity contribution in [3.05, 3.63) is 0 Å². The van der Waals surface area contributed by atoms with Crippen LogP contribution in [0.2, 0.25) is 0 Å². The first-order valence-corrected chi connectivity index (χ1v) is 8.95. The predicted molar refractivity (Wildman–Crippen MR) is 72.4 cm³/mol. The van der Waals surface area contributed by atoms with E-state index in [-0.39, 0.29) is 12.2 Å². The van der Waals surface area contributed by atoms with E-state index in [0.717, 1.165) is 25.7 Å². The summed E-state index contributed by atoms with van der Waals surface area (Å²) in [4.78, 5) is 0. The van der Waals surface area contributed by atoms with Crippen molar-refractivity contribution < 1.29 is 18.3 Å². The molecule has 1 aliphatic carbocycles. The van der Waals surface area contributed by atoms with Crippen LogP contribution < -0.4 is 0 Å². The average Bonchev–Trinajstić information content (AvgIpc) is 2.52. The molecule has 1 unspecified atom stereocenters. The number of ether oxygens (including phenoxy) is 1. The summed E-state index contributed by atoms with van der Waals surface area (Å²) in [6, 6.07) is 0. The fraction of sp³-hybridized carbons (Fsp3) is 1.00. The molecule has 1 aliphatic rings. The molecule has 0 amide bonds. The molecule has 1 fully saturated rings. The average molecular weight is 278 g/mol. The lowest BCUT2D eigenvalue weighted by Gasteiger charge is -2.37. The Morgan fingerprint density at radius 3 is 2.22 bits per heavy atom. The second-order valence-corrected chi connectivity index (χ2v) is 7.61. The molecule has 18 heavy (non-hydrogen) atoms. The van der Waals surface area contributed by atoms with Crippen molar-refractivity contribution in [2.24, 2.45) is 0 Å². The largest absolute Gasteiger partial charge is 0.390 e. The van der Waals surface area contributed by atoms with Gasteiger partial charge in [0, 0.05) is 12.9 Å². The summed E-state index contributed by atoms with van der Waals surface area (Å²) in [5.41, 5.74) is -0.518. The minimum atomic E-state index is -3.02. The standard InChI is InChI=1S/C13H26O4S/c1-3-17-13(9-6-4-5-7-10-13)12(14)8-11-18(2,15)16/h12,14H,3-11H2,1-2H3. The van der Waals surface area contributed by atoms with Crippen molar-refractivity contribution in [1.29, 1.82) is 0 Å². The van der Waals surface area contributed by atoms with Crippen molar-refractivity contribution >= 4 is 9.84 Å². The molecular formula is C13H26O4S. The van der Waals surface area contributed by atoms with Gasteiger partial charge in [-0.15, -0.1) is 0 Å². The van der Waals surface area contributed by atoms with Gasteiger partial charge in [0.05, 0.1) is 17.5 Å². The molecule has 0 aromatic heterocycles. The van der Waals surface area contributed by atoms with E-state index in [4.69, 9.17) is 4.74 Å². The SMILES string of the molecule is CCOC1(C(O)CCS(C)(=O)=O)CCCCCC1. The Balaban J connectivity index is 2.69. The summed E-state index contributed by atoms with van der Waals surface area (Å²) >= 11 is 0. The molecule has 0 spiro atoms. The van der Waals surface area contributed by atoms with E-state index in [1.54, 1.807) is 0 Å². The third-order valence-corrected chi connectivity index (χ3v) is 4.73. The Morgan fingerprint density at radius 1 is 1.22 bits per heavy atom. The number of sulfone groups is 1.